The number of hydrogen-bond acceptors (Lipinski definition) is 8. The van der Waals surface area contributed by atoms with Crippen molar-refractivity contribution in [3.63, 3.8) is 0 Å². The minimum absolute atomic E-state index is 0.132. The van der Waals surface area contributed by atoms with Crippen molar-refractivity contribution >= 4 is 11.8 Å². The Morgan fingerprint density at radius 3 is 1.47 bits per heavy atom. The zero-order chi connectivity index (χ0) is 22.8. The molecule has 2 atom stereocenters. The second kappa shape index (κ2) is 12.0. The van der Waals surface area contributed by atoms with Crippen molar-refractivity contribution in [2.75, 3.05) is 39.5 Å². The van der Waals surface area contributed by atoms with Gasteiger partial charge in [-0.1, -0.05) is 0 Å². The van der Waals surface area contributed by atoms with Crippen LogP contribution in [0.4, 0.5) is 0 Å². The number of carbonyl (C=O) groups excluding carboxylic acids is 2. The summed E-state index contributed by atoms with van der Waals surface area (Å²) in [6, 6.07) is 12.9. The Bertz CT molecular complexity index is 799. The molecule has 4 N–H and O–H groups in total. The van der Waals surface area contributed by atoms with Gasteiger partial charge in [0.25, 0.3) is 24.4 Å². The molecule has 1 aliphatic heterocycles. The normalized spacial score (nSPS) is 17.9. The van der Waals surface area contributed by atoms with E-state index in [0.29, 0.717) is 35.8 Å². The van der Waals surface area contributed by atoms with Gasteiger partial charge in [0.05, 0.1) is 26.4 Å². The first kappa shape index (κ1) is 23.5. The van der Waals surface area contributed by atoms with Crippen LogP contribution in [0.1, 0.15) is 20.7 Å². The molecule has 0 aliphatic carbocycles. The Hall–Kier alpha value is -3.18. The van der Waals surface area contributed by atoms with E-state index in [0.717, 1.165) is 0 Å². The molecule has 2 amide bonds. The molecule has 0 saturated carbocycles. The fraction of sp³-hybridized carbons (Fsp3) is 0.364. The van der Waals surface area contributed by atoms with Crippen LogP contribution in [-0.4, -0.2) is 74.1 Å². The van der Waals surface area contributed by atoms with Gasteiger partial charge >= 0.3 is 0 Å². The van der Waals surface area contributed by atoms with Gasteiger partial charge in [-0.2, -0.15) is 0 Å². The summed E-state index contributed by atoms with van der Waals surface area (Å²) in [6.07, 6.45) is -1.68. The molecule has 1 aliphatic rings. The van der Waals surface area contributed by atoms with Gasteiger partial charge in [-0.3, -0.25) is 9.59 Å². The second-order valence-electron chi connectivity index (χ2n) is 6.72. The molecule has 172 valence electrons. The monoisotopic (exact) mass is 446 g/mol. The SMILES string of the molecule is O=C(NCCO)c1ccc(O[C@H]2OCCO[C@@H]2Oc2ccc(C(=O)NCCO)cc2)cc1. The van der Waals surface area contributed by atoms with Crippen molar-refractivity contribution < 1.29 is 38.7 Å². The molecule has 3 rings (SSSR count). The molecule has 2 aromatic rings. The summed E-state index contributed by atoms with van der Waals surface area (Å²) in [7, 11) is 0. The molecule has 0 unspecified atom stereocenters. The summed E-state index contributed by atoms with van der Waals surface area (Å²) in [5.74, 6) is 0.336. The van der Waals surface area contributed by atoms with Gasteiger partial charge < -0.3 is 39.8 Å². The number of aliphatic hydroxyl groups is 2. The van der Waals surface area contributed by atoms with Gasteiger partial charge in [-0.25, -0.2) is 0 Å². The van der Waals surface area contributed by atoms with E-state index < -0.39 is 12.6 Å². The van der Waals surface area contributed by atoms with Gasteiger partial charge in [0.1, 0.15) is 11.5 Å². The van der Waals surface area contributed by atoms with Gasteiger partial charge in [0.2, 0.25) is 0 Å². The molecule has 32 heavy (non-hydrogen) atoms. The molecular weight excluding hydrogens is 420 g/mol. The maximum atomic E-state index is 11.9. The van der Waals surface area contributed by atoms with E-state index in [9.17, 15) is 9.59 Å². The maximum absolute atomic E-state index is 11.9. The molecule has 1 fully saturated rings. The fourth-order valence-electron chi connectivity index (χ4n) is 2.85. The van der Waals surface area contributed by atoms with E-state index in [1.54, 1.807) is 48.5 Å². The molecule has 1 heterocycles. The van der Waals surface area contributed by atoms with Crippen molar-refractivity contribution in [3.8, 4) is 11.5 Å². The van der Waals surface area contributed by atoms with Crippen molar-refractivity contribution in [1.82, 2.24) is 10.6 Å². The molecule has 0 spiro atoms. The first-order valence-electron chi connectivity index (χ1n) is 10.2. The van der Waals surface area contributed by atoms with E-state index >= 15 is 0 Å². The van der Waals surface area contributed by atoms with Crippen LogP contribution in [0.5, 0.6) is 11.5 Å². The quantitative estimate of drug-likeness (QED) is 0.409. The van der Waals surface area contributed by atoms with Crippen LogP contribution < -0.4 is 20.1 Å². The lowest BCUT2D eigenvalue weighted by Crippen LogP contribution is -2.45. The number of aliphatic hydroxyl groups excluding tert-OH is 2. The zero-order valence-electron chi connectivity index (χ0n) is 17.4. The third kappa shape index (κ3) is 6.66. The standard InChI is InChI=1S/C22H26N2O8/c25-11-9-23-19(27)15-1-5-17(6-2-15)31-21-22(30-14-13-29-21)32-18-7-3-16(4-8-18)20(28)24-10-12-26/h1-8,21-22,25-26H,9-14H2,(H,23,27)(H,24,28)/t21-,22-/m1/s1. The molecular formula is C22H26N2O8. The van der Waals surface area contributed by atoms with Gasteiger partial charge in [-0.15, -0.1) is 0 Å². The summed E-state index contributed by atoms with van der Waals surface area (Å²) in [5, 5.41) is 22.7. The van der Waals surface area contributed by atoms with Gasteiger partial charge in [0.15, 0.2) is 0 Å². The number of carbonyl (C=O) groups is 2. The van der Waals surface area contributed by atoms with E-state index in [4.69, 9.17) is 29.2 Å². The van der Waals surface area contributed by atoms with Crippen LogP contribution >= 0.6 is 0 Å². The number of nitrogens with one attached hydrogen (secondary N) is 2. The third-order valence-electron chi connectivity index (χ3n) is 4.40. The minimum atomic E-state index is -0.842. The van der Waals surface area contributed by atoms with Crippen molar-refractivity contribution in [3.05, 3.63) is 59.7 Å². The first-order chi connectivity index (χ1) is 15.6. The second-order valence-corrected chi connectivity index (χ2v) is 6.72. The van der Waals surface area contributed by atoms with E-state index in [2.05, 4.69) is 10.6 Å². The van der Waals surface area contributed by atoms with Crippen LogP contribution in [-0.2, 0) is 9.47 Å². The highest BCUT2D eigenvalue weighted by atomic mass is 16.8. The highest BCUT2D eigenvalue weighted by Gasteiger charge is 2.31. The Morgan fingerprint density at radius 1 is 0.750 bits per heavy atom. The topological polar surface area (TPSA) is 136 Å². The molecule has 2 aromatic carbocycles. The zero-order valence-corrected chi connectivity index (χ0v) is 17.4. The fourth-order valence-corrected chi connectivity index (χ4v) is 2.85. The Morgan fingerprint density at radius 2 is 1.12 bits per heavy atom. The highest BCUT2D eigenvalue weighted by Crippen LogP contribution is 2.22. The van der Waals surface area contributed by atoms with E-state index in [-0.39, 0.29) is 38.1 Å². The lowest BCUT2D eigenvalue weighted by atomic mass is 10.2. The summed E-state index contributed by atoms with van der Waals surface area (Å²) in [5.41, 5.74) is 0.866. The molecule has 10 heteroatoms. The number of hydrogen-bond donors (Lipinski definition) is 4. The average Bonchev–Trinajstić information content (AvgIpc) is 2.83. The maximum Gasteiger partial charge on any atom is 0.263 e. The van der Waals surface area contributed by atoms with Crippen LogP contribution in [0.15, 0.2) is 48.5 Å². The predicted molar refractivity (Wildman–Crippen MR) is 112 cm³/mol. The molecule has 10 nitrogen and oxygen atoms in total. The Kier molecular flexibility index (Phi) is 8.81. The Balaban J connectivity index is 1.59. The van der Waals surface area contributed by atoms with Gasteiger partial charge in [0, 0.05) is 24.2 Å². The number of ether oxygens (including phenoxy) is 4. The lowest BCUT2D eigenvalue weighted by molar-refractivity contribution is -0.271. The average molecular weight is 446 g/mol. The summed E-state index contributed by atoms with van der Waals surface area (Å²) >= 11 is 0. The molecule has 0 bridgehead atoms. The first-order valence-corrected chi connectivity index (χ1v) is 10.2. The number of rotatable bonds is 10. The van der Waals surface area contributed by atoms with Crippen molar-refractivity contribution in [1.29, 1.82) is 0 Å². The van der Waals surface area contributed by atoms with Crippen LogP contribution in [0.25, 0.3) is 0 Å². The number of benzene rings is 2. The number of amides is 2. The third-order valence-corrected chi connectivity index (χ3v) is 4.40. The van der Waals surface area contributed by atoms with Crippen LogP contribution in [0.2, 0.25) is 0 Å². The van der Waals surface area contributed by atoms with Crippen molar-refractivity contribution in [2.45, 2.75) is 12.6 Å². The lowest BCUT2D eigenvalue weighted by Gasteiger charge is -2.31. The largest absolute Gasteiger partial charge is 0.458 e. The minimum Gasteiger partial charge on any atom is -0.458 e. The van der Waals surface area contributed by atoms with Crippen LogP contribution in [0.3, 0.4) is 0 Å². The highest BCUT2D eigenvalue weighted by molar-refractivity contribution is 5.94. The summed E-state index contributed by atoms with van der Waals surface area (Å²) in [4.78, 5) is 23.8. The van der Waals surface area contributed by atoms with Crippen LogP contribution in [0, 0.1) is 0 Å². The molecule has 1 saturated heterocycles. The summed E-state index contributed by atoms with van der Waals surface area (Å²) in [6.45, 7) is 0.752. The molecule has 0 aromatic heterocycles. The van der Waals surface area contributed by atoms with Crippen molar-refractivity contribution in [2.24, 2.45) is 0 Å². The molecule has 0 radical (unpaired) electrons. The van der Waals surface area contributed by atoms with Gasteiger partial charge in [-0.05, 0) is 48.5 Å². The van der Waals surface area contributed by atoms with E-state index in [1.807, 2.05) is 0 Å². The Labute approximate surface area is 185 Å². The predicted octanol–water partition coefficient (Wildman–Crippen LogP) is 0.288. The smallest absolute Gasteiger partial charge is 0.263 e. The summed E-state index contributed by atoms with van der Waals surface area (Å²) < 4.78 is 22.9. The van der Waals surface area contributed by atoms with E-state index in [1.165, 1.54) is 0 Å².